The first-order chi connectivity index (χ1) is 8.29. The molecule has 2 unspecified atom stereocenters. The molecule has 1 aromatic rings. The molecule has 17 heavy (non-hydrogen) atoms. The minimum atomic E-state index is 0.375. The topological polar surface area (TPSA) is 34.1 Å². The molecule has 1 N–H and O–H groups in total. The third-order valence-electron chi connectivity index (χ3n) is 3.20. The van der Waals surface area contributed by atoms with E-state index in [1.54, 1.807) is 11.3 Å². The molecule has 0 bridgehead atoms. The van der Waals surface area contributed by atoms with E-state index >= 15 is 0 Å². The second-order valence-electron chi connectivity index (χ2n) is 4.78. The maximum atomic E-state index is 5.40. The maximum absolute atomic E-state index is 5.40. The molecule has 3 nitrogen and oxygen atoms in total. The van der Waals surface area contributed by atoms with Crippen molar-refractivity contribution in [3.05, 3.63) is 16.1 Å². The second kappa shape index (κ2) is 6.47. The average Bonchev–Trinajstić information content (AvgIpc) is 2.98. The Morgan fingerprint density at radius 3 is 3.24 bits per heavy atom. The first-order valence-corrected chi connectivity index (χ1v) is 7.43. The highest BCUT2D eigenvalue weighted by Crippen LogP contribution is 2.22. The van der Waals surface area contributed by atoms with Crippen LogP contribution in [0.2, 0.25) is 0 Å². The third-order valence-corrected chi connectivity index (χ3v) is 4.09. The van der Waals surface area contributed by atoms with Gasteiger partial charge in [0.05, 0.1) is 10.7 Å². The summed E-state index contributed by atoms with van der Waals surface area (Å²) >= 11 is 1.79. The first-order valence-electron chi connectivity index (χ1n) is 6.55. The van der Waals surface area contributed by atoms with Gasteiger partial charge in [0.15, 0.2) is 0 Å². The minimum absolute atomic E-state index is 0.375. The highest BCUT2D eigenvalue weighted by atomic mass is 32.1. The van der Waals surface area contributed by atoms with E-state index in [9.17, 15) is 0 Å². The van der Waals surface area contributed by atoms with Crippen molar-refractivity contribution in [1.82, 2.24) is 10.3 Å². The van der Waals surface area contributed by atoms with Crippen molar-refractivity contribution in [3.63, 3.8) is 0 Å². The fraction of sp³-hybridized carbons (Fsp3) is 0.769. The molecule has 1 aliphatic rings. The van der Waals surface area contributed by atoms with Crippen LogP contribution >= 0.6 is 11.3 Å². The Morgan fingerprint density at radius 1 is 1.65 bits per heavy atom. The van der Waals surface area contributed by atoms with Crippen LogP contribution in [0.5, 0.6) is 0 Å². The summed E-state index contributed by atoms with van der Waals surface area (Å²) in [7, 11) is 0. The van der Waals surface area contributed by atoms with E-state index in [4.69, 9.17) is 9.72 Å². The zero-order chi connectivity index (χ0) is 12.1. The van der Waals surface area contributed by atoms with Gasteiger partial charge in [-0.05, 0) is 32.2 Å². The van der Waals surface area contributed by atoms with Gasteiger partial charge in [-0.25, -0.2) is 4.98 Å². The van der Waals surface area contributed by atoms with E-state index in [1.165, 1.54) is 23.5 Å². The van der Waals surface area contributed by atoms with Crippen LogP contribution in [0.3, 0.4) is 0 Å². The van der Waals surface area contributed by atoms with Gasteiger partial charge in [0.2, 0.25) is 0 Å². The number of hydrogen-bond donors (Lipinski definition) is 1. The molecule has 2 atom stereocenters. The second-order valence-corrected chi connectivity index (χ2v) is 5.72. The molecule has 4 heteroatoms. The van der Waals surface area contributed by atoms with Crippen LogP contribution in [0, 0.1) is 5.92 Å². The molecule has 2 heterocycles. The molecule has 2 rings (SSSR count). The van der Waals surface area contributed by atoms with Gasteiger partial charge in [0.25, 0.3) is 0 Å². The van der Waals surface area contributed by atoms with Gasteiger partial charge in [-0.3, -0.25) is 0 Å². The standard InChI is InChI=1S/C13H22N2OS/c1-3-5-14-10(2)12-9-17-13(15-12)7-11-4-6-16-8-11/h9-11,14H,3-8H2,1-2H3. The van der Waals surface area contributed by atoms with Crippen LogP contribution in [0.15, 0.2) is 5.38 Å². The summed E-state index contributed by atoms with van der Waals surface area (Å²) < 4.78 is 5.40. The summed E-state index contributed by atoms with van der Waals surface area (Å²) in [6.45, 7) is 7.28. The lowest BCUT2D eigenvalue weighted by atomic mass is 10.1. The number of thiazole rings is 1. The molecule has 0 saturated carbocycles. The van der Waals surface area contributed by atoms with Gasteiger partial charge in [-0.1, -0.05) is 6.92 Å². The van der Waals surface area contributed by atoms with Gasteiger partial charge in [0.1, 0.15) is 0 Å². The van der Waals surface area contributed by atoms with E-state index in [2.05, 4.69) is 24.5 Å². The van der Waals surface area contributed by atoms with Crippen LogP contribution in [-0.2, 0) is 11.2 Å². The molecular formula is C13H22N2OS. The largest absolute Gasteiger partial charge is 0.381 e. The summed E-state index contributed by atoms with van der Waals surface area (Å²) in [5, 5.41) is 6.93. The van der Waals surface area contributed by atoms with Crippen LogP contribution in [-0.4, -0.2) is 24.7 Å². The van der Waals surface area contributed by atoms with Crippen molar-refractivity contribution < 1.29 is 4.74 Å². The fourth-order valence-electron chi connectivity index (χ4n) is 2.07. The van der Waals surface area contributed by atoms with Crippen molar-refractivity contribution in [2.45, 2.75) is 39.2 Å². The van der Waals surface area contributed by atoms with Crippen LogP contribution < -0.4 is 5.32 Å². The predicted molar refractivity (Wildman–Crippen MR) is 71.5 cm³/mol. The van der Waals surface area contributed by atoms with Crippen molar-refractivity contribution in [3.8, 4) is 0 Å². The number of nitrogens with one attached hydrogen (secondary N) is 1. The predicted octanol–water partition coefficient (Wildman–Crippen LogP) is 2.78. The molecule has 96 valence electrons. The molecule has 0 spiro atoms. The van der Waals surface area contributed by atoms with E-state index in [0.717, 1.165) is 26.2 Å². The zero-order valence-electron chi connectivity index (χ0n) is 10.7. The van der Waals surface area contributed by atoms with Gasteiger partial charge in [-0.15, -0.1) is 11.3 Å². The number of ether oxygens (including phenoxy) is 1. The zero-order valence-corrected chi connectivity index (χ0v) is 11.6. The molecule has 1 aliphatic heterocycles. The fourth-order valence-corrected chi connectivity index (χ4v) is 3.08. The van der Waals surface area contributed by atoms with Crippen LogP contribution in [0.4, 0.5) is 0 Å². The Bertz CT molecular complexity index is 334. The molecular weight excluding hydrogens is 232 g/mol. The highest BCUT2D eigenvalue weighted by Gasteiger charge is 2.18. The van der Waals surface area contributed by atoms with Crippen molar-refractivity contribution >= 4 is 11.3 Å². The van der Waals surface area contributed by atoms with Crippen molar-refractivity contribution in [2.75, 3.05) is 19.8 Å². The van der Waals surface area contributed by atoms with Gasteiger partial charge < -0.3 is 10.1 Å². The highest BCUT2D eigenvalue weighted by molar-refractivity contribution is 7.09. The molecule has 0 aromatic carbocycles. The Morgan fingerprint density at radius 2 is 2.53 bits per heavy atom. The Labute approximate surface area is 108 Å². The Hall–Kier alpha value is -0.450. The summed E-state index contributed by atoms with van der Waals surface area (Å²) in [6, 6.07) is 0.375. The minimum Gasteiger partial charge on any atom is -0.381 e. The molecule has 1 fully saturated rings. The Kier molecular flexibility index (Phi) is 4.95. The monoisotopic (exact) mass is 254 g/mol. The number of aromatic nitrogens is 1. The van der Waals surface area contributed by atoms with E-state index < -0.39 is 0 Å². The number of rotatable bonds is 6. The number of hydrogen-bond acceptors (Lipinski definition) is 4. The van der Waals surface area contributed by atoms with Gasteiger partial charge >= 0.3 is 0 Å². The molecule has 0 aliphatic carbocycles. The molecule has 1 saturated heterocycles. The summed E-state index contributed by atoms with van der Waals surface area (Å²) in [4.78, 5) is 4.73. The molecule has 1 aromatic heterocycles. The maximum Gasteiger partial charge on any atom is 0.0932 e. The summed E-state index contributed by atoms with van der Waals surface area (Å²) in [5.74, 6) is 0.688. The van der Waals surface area contributed by atoms with Crippen molar-refractivity contribution in [2.24, 2.45) is 5.92 Å². The van der Waals surface area contributed by atoms with Gasteiger partial charge in [-0.2, -0.15) is 0 Å². The summed E-state index contributed by atoms with van der Waals surface area (Å²) in [6.07, 6.45) is 3.45. The lowest BCUT2D eigenvalue weighted by molar-refractivity contribution is 0.186. The average molecular weight is 254 g/mol. The number of nitrogens with zero attached hydrogens (tertiary/aromatic N) is 1. The Balaban J connectivity index is 1.86. The third kappa shape index (κ3) is 3.76. The van der Waals surface area contributed by atoms with E-state index in [1.807, 2.05) is 0 Å². The smallest absolute Gasteiger partial charge is 0.0932 e. The van der Waals surface area contributed by atoms with E-state index in [-0.39, 0.29) is 0 Å². The quantitative estimate of drug-likeness (QED) is 0.847. The van der Waals surface area contributed by atoms with Crippen molar-refractivity contribution in [1.29, 1.82) is 0 Å². The lowest BCUT2D eigenvalue weighted by Crippen LogP contribution is -2.19. The SMILES string of the molecule is CCCNC(C)c1csc(CC2CCOC2)n1. The van der Waals surface area contributed by atoms with Crippen LogP contribution in [0.1, 0.15) is 43.4 Å². The summed E-state index contributed by atoms with van der Waals surface area (Å²) in [5.41, 5.74) is 1.19. The van der Waals surface area contributed by atoms with E-state index in [0.29, 0.717) is 12.0 Å². The first kappa shape index (κ1) is 13.0. The van der Waals surface area contributed by atoms with Gasteiger partial charge in [0, 0.05) is 31.1 Å². The lowest BCUT2D eigenvalue weighted by Gasteiger charge is -2.10. The van der Waals surface area contributed by atoms with Crippen LogP contribution in [0.25, 0.3) is 0 Å². The normalized spacial score (nSPS) is 21.9. The molecule has 0 amide bonds. The molecule has 0 radical (unpaired) electrons.